The minimum absolute atomic E-state index is 0.0755. The molecule has 90 valence electrons. The summed E-state index contributed by atoms with van der Waals surface area (Å²) in [4.78, 5) is 0. The Bertz CT molecular complexity index is 553. The van der Waals surface area contributed by atoms with Crippen LogP contribution in [0.2, 0.25) is 0 Å². The van der Waals surface area contributed by atoms with E-state index in [9.17, 15) is 8.78 Å². The molecule has 0 saturated heterocycles. The van der Waals surface area contributed by atoms with Gasteiger partial charge in [0.15, 0.2) is 0 Å². The van der Waals surface area contributed by atoms with E-state index in [1.165, 1.54) is 6.26 Å². The van der Waals surface area contributed by atoms with E-state index in [0.29, 0.717) is 11.3 Å². The van der Waals surface area contributed by atoms with Crippen LogP contribution in [0.3, 0.4) is 0 Å². The Kier molecular flexibility index (Phi) is 3.54. The summed E-state index contributed by atoms with van der Waals surface area (Å²) in [6.07, 6.45) is 1.47. The summed E-state index contributed by atoms with van der Waals surface area (Å²) >= 11 is 9.04. The van der Waals surface area contributed by atoms with Crippen molar-refractivity contribution >= 4 is 27.5 Å². The van der Waals surface area contributed by atoms with E-state index in [-0.39, 0.29) is 10.0 Å². The van der Waals surface area contributed by atoms with Crippen LogP contribution in [0.5, 0.6) is 0 Å². The zero-order chi connectivity index (χ0) is 12.6. The number of aryl methyl sites for hydroxylation is 1. The van der Waals surface area contributed by atoms with Gasteiger partial charge in [-0.3, -0.25) is 0 Å². The molecule has 0 radical (unpaired) electrons. The summed E-state index contributed by atoms with van der Waals surface area (Å²) in [6.45, 7) is 1.72. The second-order valence-corrected chi connectivity index (χ2v) is 4.87. The van der Waals surface area contributed by atoms with E-state index in [1.54, 1.807) is 13.0 Å². The van der Waals surface area contributed by atoms with Crippen molar-refractivity contribution in [3.8, 4) is 0 Å². The molecule has 0 N–H and O–H groups in total. The molecule has 2 aromatic rings. The van der Waals surface area contributed by atoms with Crippen molar-refractivity contribution in [3.05, 3.63) is 57.5 Å². The van der Waals surface area contributed by atoms with Crippen molar-refractivity contribution in [1.29, 1.82) is 0 Å². The van der Waals surface area contributed by atoms with Gasteiger partial charge in [-0.1, -0.05) is 0 Å². The number of benzene rings is 1. The Morgan fingerprint density at radius 3 is 2.53 bits per heavy atom. The molecule has 1 unspecified atom stereocenters. The molecule has 0 aliphatic carbocycles. The average Bonchev–Trinajstić information content (AvgIpc) is 2.69. The predicted octanol–water partition coefficient (Wildman–Crippen LogP) is 4.96. The van der Waals surface area contributed by atoms with Gasteiger partial charge in [-0.25, -0.2) is 8.78 Å². The summed E-state index contributed by atoms with van der Waals surface area (Å²) in [5.41, 5.74) is 0.726. The van der Waals surface area contributed by atoms with Crippen LogP contribution in [0, 0.1) is 18.6 Å². The number of furan rings is 1. The van der Waals surface area contributed by atoms with Crippen LogP contribution >= 0.6 is 27.5 Å². The first-order valence-corrected chi connectivity index (χ1v) is 6.06. The van der Waals surface area contributed by atoms with Crippen LogP contribution in [0.1, 0.15) is 22.3 Å². The molecule has 1 aromatic carbocycles. The van der Waals surface area contributed by atoms with Crippen molar-refractivity contribution in [2.75, 3.05) is 0 Å². The molecule has 1 nitrogen and oxygen atoms in total. The number of alkyl halides is 1. The van der Waals surface area contributed by atoms with Crippen LogP contribution in [-0.4, -0.2) is 0 Å². The van der Waals surface area contributed by atoms with Gasteiger partial charge < -0.3 is 4.42 Å². The molecule has 0 spiro atoms. The first-order chi connectivity index (χ1) is 8.00. The van der Waals surface area contributed by atoms with Crippen molar-refractivity contribution in [2.45, 2.75) is 12.3 Å². The van der Waals surface area contributed by atoms with Gasteiger partial charge in [-0.05, 0) is 41.1 Å². The predicted molar refractivity (Wildman–Crippen MR) is 65.2 cm³/mol. The quantitative estimate of drug-likeness (QED) is 0.563. The fourth-order valence-electron chi connectivity index (χ4n) is 1.56. The van der Waals surface area contributed by atoms with Gasteiger partial charge in [0.1, 0.15) is 17.4 Å². The zero-order valence-electron chi connectivity index (χ0n) is 8.81. The lowest BCUT2D eigenvalue weighted by molar-refractivity contribution is 0.529. The number of rotatable bonds is 2. The average molecular weight is 322 g/mol. The maximum atomic E-state index is 13.7. The molecule has 2 rings (SSSR count). The van der Waals surface area contributed by atoms with E-state index in [4.69, 9.17) is 16.0 Å². The molecule has 0 saturated carbocycles. The summed E-state index contributed by atoms with van der Waals surface area (Å²) < 4.78 is 32.2. The second kappa shape index (κ2) is 4.78. The molecule has 0 aliphatic rings. The van der Waals surface area contributed by atoms with E-state index in [0.717, 1.165) is 12.1 Å². The molecule has 0 fully saturated rings. The van der Waals surface area contributed by atoms with Gasteiger partial charge in [0.05, 0.1) is 16.1 Å². The summed E-state index contributed by atoms with van der Waals surface area (Å²) in [6, 6.07) is 3.80. The van der Waals surface area contributed by atoms with Gasteiger partial charge in [0.25, 0.3) is 0 Å². The summed E-state index contributed by atoms with van der Waals surface area (Å²) in [5.74, 6) is -0.514. The van der Waals surface area contributed by atoms with Gasteiger partial charge in [0, 0.05) is 11.1 Å². The molecular formula is C12H8BrClF2O. The largest absolute Gasteiger partial charge is 0.469 e. The van der Waals surface area contributed by atoms with Gasteiger partial charge in [0.2, 0.25) is 0 Å². The minimum Gasteiger partial charge on any atom is -0.469 e. The van der Waals surface area contributed by atoms with Crippen LogP contribution < -0.4 is 0 Å². The SMILES string of the molecule is Cc1occc1C(Cl)c1cc(F)c(Br)cc1F. The highest BCUT2D eigenvalue weighted by Gasteiger charge is 2.20. The smallest absolute Gasteiger partial charge is 0.137 e. The molecule has 0 aliphatic heterocycles. The fraction of sp³-hybridized carbons (Fsp3) is 0.167. The topological polar surface area (TPSA) is 13.1 Å². The number of halogens is 4. The van der Waals surface area contributed by atoms with Gasteiger partial charge >= 0.3 is 0 Å². The molecule has 1 atom stereocenters. The Morgan fingerprint density at radius 1 is 1.24 bits per heavy atom. The Labute approximate surface area is 111 Å². The monoisotopic (exact) mass is 320 g/mol. The van der Waals surface area contributed by atoms with Gasteiger partial charge in [-0.2, -0.15) is 0 Å². The van der Waals surface area contributed by atoms with Crippen molar-refractivity contribution in [1.82, 2.24) is 0 Å². The molecule has 0 bridgehead atoms. The van der Waals surface area contributed by atoms with Crippen LogP contribution in [0.4, 0.5) is 8.78 Å². The minimum atomic E-state index is -0.767. The molecule has 17 heavy (non-hydrogen) atoms. The lowest BCUT2D eigenvalue weighted by Gasteiger charge is -2.11. The van der Waals surface area contributed by atoms with Crippen LogP contribution in [0.25, 0.3) is 0 Å². The first-order valence-electron chi connectivity index (χ1n) is 4.83. The summed E-state index contributed by atoms with van der Waals surface area (Å²) in [5, 5.41) is -0.767. The van der Waals surface area contributed by atoms with Crippen LogP contribution in [0.15, 0.2) is 33.4 Å². The molecular weight excluding hydrogens is 313 g/mol. The van der Waals surface area contributed by atoms with E-state index < -0.39 is 17.0 Å². The third-order valence-corrected chi connectivity index (χ3v) is 3.56. The molecule has 0 amide bonds. The van der Waals surface area contributed by atoms with Crippen molar-refractivity contribution in [2.24, 2.45) is 0 Å². The molecule has 1 heterocycles. The lowest BCUT2D eigenvalue weighted by atomic mass is 10.0. The number of hydrogen-bond acceptors (Lipinski definition) is 1. The maximum Gasteiger partial charge on any atom is 0.137 e. The number of hydrogen-bond donors (Lipinski definition) is 0. The highest BCUT2D eigenvalue weighted by Crippen LogP contribution is 2.34. The van der Waals surface area contributed by atoms with E-state index in [1.807, 2.05) is 0 Å². The Balaban J connectivity index is 2.48. The van der Waals surface area contributed by atoms with Crippen LogP contribution in [-0.2, 0) is 0 Å². The summed E-state index contributed by atoms with van der Waals surface area (Å²) in [7, 11) is 0. The standard InChI is InChI=1S/C12H8BrClF2O/c1-6-7(2-3-17-6)12(14)8-4-11(16)9(13)5-10(8)15/h2-5,12H,1H3. The lowest BCUT2D eigenvalue weighted by Crippen LogP contribution is -1.99. The van der Waals surface area contributed by atoms with E-state index >= 15 is 0 Å². The normalized spacial score (nSPS) is 12.8. The van der Waals surface area contributed by atoms with Crippen molar-refractivity contribution in [3.63, 3.8) is 0 Å². The fourth-order valence-corrected chi connectivity index (χ4v) is 2.27. The first kappa shape index (κ1) is 12.6. The van der Waals surface area contributed by atoms with Crippen molar-refractivity contribution < 1.29 is 13.2 Å². The third-order valence-electron chi connectivity index (χ3n) is 2.48. The second-order valence-electron chi connectivity index (χ2n) is 3.58. The highest BCUT2D eigenvalue weighted by atomic mass is 79.9. The van der Waals surface area contributed by atoms with Gasteiger partial charge in [-0.15, -0.1) is 11.6 Å². The maximum absolute atomic E-state index is 13.7. The Hall–Kier alpha value is -0.870. The molecule has 5 heteroatoms. The third kappa shape index (κ3) is 2.38. The highest BCUT2D eigenvalue weighted by molar-refractivity contribution is 9.10. The Morgan fingerprint density at radius 2 is 1.94 bits per heavy atom. The van der Waals surface area contributed by atoms with E-state index in [2.05, 4.69) is 15.9 Å². The zero-order valence-corrected chi connectivity index (χ0v) is 11.1. The molecule has 1 aromatic heterocycles.